The van der Waals surface area contributed by atoms with Crippen molar-refractivity contribution in [3.8, 4) is 0 Å². The second kappa shape index (κ2) is 7.64. The Kier molecular flexibility index (Phi) is 6.86. The van der Waals surface area contributed by atoms with Crippen molar-refractivity contribution in [1.29, 1.82) is 0 Å². The van der Waals surface area contributed by atoms with Crippen molar-refractivity contribution < 1.29 is 0 Å². The van der Waals surface area contributed by atoms with Crippen LogP contribution in [0.5, 0.6) is 0 Å². The van der Waals surface area contributed by atoms with Crippen LogP contribution in [0.1, 0.15) is 32.6 Å². The molecule has 0 aliphatic carbocycles. The van der Waals surface area contributed by atoms with Crippen molar-refractivity contribution in [2.24, 2.45) is 0 Å². The molecule has 1 saturated heterocycles. The topological polar surface area (TPSA) is 6.48 Å². The molecule has 0 spiro atoms. The summed E-state index contributed by atoms with van der Waals surface area (Å²) < 4.78 is 0. The Bertz CT molecular complexity index is 164. The van der Waals surface area contributed by atoms with Gasteiger partial charge < -0.3 is 4.90 Å². The van der Waals surface area contributed by atoms with Crippen molar-refractivity contribution in [3.05, 3.63) is 0 Å². The molecule has 1 fully saturated rings. The third-order valence-corrected chi connectivity index (χ3v) is 3.82. The molecule has 0 aromatic heterocycles. The lowest BCUT2D eigenvalue weighted by Crippen LogP contribution is -2.38. The first-order chi connectivity index (χ1) is 7.24. The molecule has 0 amide bonds. The zero-order chi connectivity index (χ0) is 11.1. The predicted molar refractivity (Wildman–Crippen MR) is 70.8 cm³/mol. The van der Waals surface area contributed by atoms with Crippen LogP contribution in [0.25, 0.3) is 0 Å². The number of nitrogens with zero attached hydrogens (tertiary/aromatic N) is 2. The number of halogens is 1. The van der Waals surface area contributed by atoms with Gasteiger partial charge in [0.05, 0.1) is 0 Å². The minimum Gasteiger partial charge on any atom is -0.305 e. The summed E-state index contributed by atoms with van der Waals surface area (Å²) in [5.74, 6) is 0. The largest absolute Gasteiger partial charge is 0.305 e. The van der Waals surface area contributed by atoms with Gasteiger partial charge >= 0.3 is 0 Å². The van der Waals surface area contributed by atoms with E-state index in [-0.39, 0.29) is 0 Å². The Morgan fingerprint density at radius 3 is 2.73 bits per heavy atom. The molecule has 3 heteroatoms. The molecule has 1 aliphatic rings. The second-order valence-electron chi connectivity index (χ2n) is 4.75. The summed E-state index contributed by atoms with van der Waals surface area (Å²) in [5, 5.41) is 1.16. The van der Waals surface area contributed by atoms with Gasteiger partial charge in [-0.15, -0.1) is 0 Å². The van der Waals surface area contributed by atoms with E-state index in [0.717, 1.165) is 11.4 Å². The van der Waals surface area contributed by atoms with Crippen LogP contribution >= 0.6 is 15.9 Å². The van der Waals surface area contributed by atoms with Gasteiger partial charge in [-0.2, -0.15) is 0 Å². The molecule has 2 nitrogen and oxygen atoms in total. The fraction of sp³-hybridized carbons (Fsp3) is 1.00. The highest BCUT2D eigenvalue weighted by atomic mass is 79.9. The summed E-state index contributed by atoms with van der Waals surface area (Å²) in [5.41, 5.74) is 0. The van der Waals surface area contributed by atoms with Crippen LogP contribution in [0.15, 0.2) is 0 Å². The maximum absolute atomic E-state index is 3.49. The lowest BCUT2D eigenvalue weighted by molar-refractivity contribution is 0.199. The van der Waals surface area contributed by atoms with Gasteiger partial charge in [-0.05, 0) is 52.9 Å². The van der Waals surface area contributed by atoms with Crippen molar-refractivity contribution >= 4 is 15.9 Å². The van der Waals surface area contributed by atoms with E-state index >= 15 is 0 Å². The highest BCUT2D eigenvalue weighted by Crippen LogP contribution is 2.10. The predicted octanol–water partition coefficient (Wildman–Crippen LogP) is 2.58. The Balaban J connectivity index is 2.20. The smallest absolute Gasteiger partial charge is 0.0194 e. The lowest BCUT2D eigenvalue weighted by atomic mass is 10.2. The summed E-state index contributed by atoms with van der Waals surface area (Å²) in [4.78, 5) is 5.13. The van der Waals surface area contributed by atoms with Crippen molar-refractivity contribution in [2.45, 2.75) is 38.6 Å². The van der Waals surface area contributed by atoms with Crippen LogP contribution in [0, 0.1) is 0 Å². The molecule has 0 aromatic rings. The van der Waals surface area contributed by atoms with E-state index in [0.29, 0.717) is 0 Å². The quantitative estimate of drug-likeness (QED) is 0.563. The molecule has 1 aliphatic heterocycles. The van der Waals surface area contributed by atoms with Gasteiger partial charge in [-0.1, -0.05) is 22.4 Å². The summed E-state index contributed by atoms with van der Waals surface area (Å²) in [6.45, 7) is 7.45. The van der Waals surface area contributed by atoms with Crippen LogP contribution in [0.3, 0.4) is 0 Å². The van der Waals surface area contributed by atoms with E-state index in [2.05, 4.69) is 39.7 Å². The average Bonchev–Trinajstić information content (AvgIpc) is 2.35. The van der Waals surface area contributed by atoms with Crippen molar-refractivity contribution in [2.75, 3.05) is 38.6 Å². The monoisotopic (exact) mass is 276 g/mol. The Morgan fingerprint density at radius 2 is 2.00 bits per heavy atom. The molecule has 0 N–H and O–H groups in total. The van der Waals surface area contributed by atoms with E-state index in [9.17, 15) is 0 Å². The first kappa shape index (κ1) is 13.5. The molecule has 0 bridgehead atoms. The van der Waals surface area contributed by atoms with E-state index in [4.69, 9.17) is 0 Å². The number of hydrogen-bond donors (Lipinski definition) is 0. The van der Waals surface area contributed by atoms with Gasteiger partial charge in [0.15, 0.2) is 0 Å². The van der Waals surface area contributed by atoms with Gasteiger partial charge in [0, 0.05) is 17.9 Å². The highest BCUT2D eigenvalue weighted by Gasteiger charge is 2.18. The molecule has 1 atom stereocenters. The number of hydrogen-bond acceptors (Lipinski definition) is 2. The minimum absolute atomic E-state index is 0.737. The van der Waals surface area contributed by atoms with Crippen molar-refractivity contribution in [1.82, 2.24) is 9.80 Å². The van der Waals surface area contributed by atoms with Gasteiger partial charge in [0.2, 0.25) is 0 Å². The fourth-order valence-corrected chi connectivity index (χ4v) is 2.74. The molecule has 0 saturated carbocycles. The summed E-state index contributed by atoms with van der Waals surface area (Å²) in [6.07, 6.45) is 5.38. The molecular weight excluding hydrogens is 252 g/mol. The molecule has 0 aromatic carbocycles. The lowest BCUT2D eigenvalue weighted by Gasteiger charge is -2.27. The van der Waals surface area contributed by atoms with Crippen LogP contribution < -0.4 is 0 Å². The molecule has 1 heterocycles. The molecule has 1 unspecified atom stereocenters. The number of alkyl halides is 1. The third-order valence-electron chi connectivity index (χ3n) is 3.26. The summed E-state index contributed by atoms with van der Waals surface area (Å²) in [7, 11) is 2.24. The maximum atomic E-state index is 3.49. The van der Waals surface area contributed by atoms with Crippen LogP contribution in [-0.2, 0) is 0 Å². The molecule has 15 heavy (non-hydrogen) atoms. The average molecular weight is 277 g/mol. The Morgan fingerprint density at radius 1 is 1.20 bits per heavy atom. The van der Waals surface area contributed by atoms with E-state index < -0.39 is 0 Å². The van der Waals surface area contributed by atoms with Gasteiger partial charge in [0.1, 0.15) is 0 Å². The Hall–Kier alpha value is 0.400. The molecule has 90 valence electrons. The first-order valence-electron chi connectivity index (χ1n) is 6.22. The number of likely N-dealkylation sites (N-methyl/N-ethyl adjacent to an activating group) is 1. The normalized spacial score (nSPS) is 25.4. The summed E-state index contributed by atoms with van der Waals surface area (Å²) in [6, 6.07) is 0.737. The van der Waals surface area contributed by atoms with Crippen LogP contribution in [0.2, 0.25) is 0 Å². The molecule has 0 radical (unpaired) electrons. The summed E-state index contributed by atoms with van der Waals surface area (Å²) >= 11 is 3.49. The molecule has 1 rings (SSSR count). The van der Waals surface area contributed by atoms with Gasteiger partial charge in [-0.3, -0.25) is 4.90 Å². The van der Waals surface area contributed by atoms with Gasteiger partial charge in [0.25, 0.3) is 0 Å². The zero-order valence-electron chi connectivity index (χ0n) is 10.2. The van der Waals surface area contributed by atoms with Crippen molar-refractivity contribution in [3.63, 3.8) is 0 Å². The van der Waals surface area contributed by atoms with Crippen LogP contribution in [0.4, 0.5) is 0 Å². The first-order valence-corrected chi connectivity index (χ1v) is 7.34. The van der Waals surface area contributed by atoms with Gasteiger partial charge in [-0.25, -0.2) is 0 Å². The number of rotatable bonds is 5. The van der Waals surface area contributed by atoms with Crippen LogP contribution in [-0.4, -0.2) is 54.4 Å². The Labute approximate surface area is 103 Å². The third kappa shape index (κ3) is 5.32. The maximum Gasteiger partial charge on any atom is 0.0194 e. The molecular formula is C12H25BrN2. The minimum atomic E-state index is 0.737. The standard InChI is InChI=1S/C12H25BrN2/c1-12-11-14(2)8-6-10-15(12)9-5-3-4-7-13/h12H,3-11H2,1-2H3. The highest BCUT2D eigenvalue weighted by molar-refractivity contribution is 9.09. The second-order valence-corrected chi connectivity index (χ2v) is 5.54. The zero-order valence-corrected chi connectivity index (χ0v) is 11.8. The van der Waals surface area contributed by atoms with E-state index in [1.165, 1.54) is 51.9 Å². The fourth-order valence-electron chi connectivity index (χ4n) is 2.34. The van der Waals surface area contributed by atoms with E-state index in [1.807, 2.05) is 0 Å². The van der Waals surface area contributed by atoms with E-state index in [1.54, 1.807) is 0 Å². The number of unbranched alkanes of at least 4 members (excludes halogenated alkanes) is 2. The SMILES string of the molecule is CC1CN(C)CCCN1CCCCCBr.